The van der Waals surface area contributed by atoms with Gasteiger partial charge in [-0.05, 0) is 29.3 Å². The molecule has 0 spiro atoms. The fourth-order valence-electron chi connectivity index (χ4n) is 2.89. The lowest BCUT2D eigenvalue weighted by Crippen LogP contribution is -2.10. The van der Waals surface area contributed by atoms with E-state index < -0.39 is 5.91 Å². The number of H-pyrrole nitrogens is 1. The Morgan fingerprint density at radius 2 is 2.00 bits per heavy atom. The number of carbonyl (C=O) groups excluding carboxylic acids is 1. The maximum Gasteiger partial charge on any atom is 0.250 e. The first kappa shape index (κ1) is 14.2. The Morgan fingerprint density at radius 3 is 2.73 bits per heavy atom. The highest BCUT2D eigenvalue weighted by molar-refractivity contribution is 6.06. The molecule has 1 aromatic heterocycles. The van der Waals surface area contributed by atoms with Gasteiger partial charge < -0.3 is 16.0 Å². The zero-order chi connectivity index (χ0) is 15.7. The summed E-state index contributed by atoms with van der Waals surface area (Å²) in [5.74, 6) is -0.199. The van der Waals surface area contributed by atoms with Crippen molar-refractivity contribution < 1.29 is 4.79 Å². The smallest absolute Gasteiger partial charge is 0.250 e. The van der Waals surface area contributed by atoms with Crippen molar-refractivity contribution >= 4 is 22.5 Å². The number of carbonyl (C=O) groups is 1. The van der Waals surface area contributed by atoms with Gasteiger partial charge in [0.2, 0.25) is 0 Å². The minimum Gasteiger partial charge on any atom is -0.388 e. The molecule has 2 aromatic carbocycles. The van der Waals surface area contributed by atoms with Gasteiger partial charge in [0.05, 0.1) is 5.56 Å². The standard InChI is InChI=1S/C18H19N3O/c1-11(13-5-3-4-6-16(13)20-2)12-7-8-17-14(9-12)15(10-21-17)18(19)22/h3-11,20-21H,1-2H3,(H2,19,22). The summed E-state index contributed by atoms with van der Waals surface area (Å²) in [6, 6.07) is 14.4. The molecule has 0 aliphatic carbocycles. The van der Waals surface area contributed by atoms with Crippen LogP contribution in [0.4, 0.5) is 5.69 Å². The zero-order valence-corrected chi connectivity index (χ0v) is 12.7. The summed E-state index contributed by atoms with van der Waals surface area (Å²) in [7, 11) is 1.92. The van der Waals surface area contributed by atoms with E-state index in [2.05, 4.69) is 35.4 Å². The van der Waals surface area contributed by atoms with Crippen LogP contribution in [0.5, 0.6) is 0 Å². The minimum atomic E-state index is -0.410. The average Bonchev–Trinajstić information content (AvgIpc) is 2.97. The third-order valence-electron chi connectivity index (χ3n) is 4.17. The summed E-state index contributed by atoms with van der Waals surface area (Å²) in [5, 5.41) is 4.10. The molecule has 1 atom stereocenters. The highest BCUT2D eigenvalue weighted by atomic mass is 16.1. The van der Waals surface area contributed by atoms with Crippen molar-refractivity contribution in [2.45, 2.75) is 12.8 Å². The van der Waals surface area contributed by atoms with Crippen LogP contribution >= 0.6 is 0 Å². The summed E-state index contributed by atoms with van der Waals surface area (Å²) < 4.78 is 0. The van der Waals surface area contributed by atoms with Crippen LogP contribution in [0.25, 0.3) is 10.9 Å². The fourth-order valence-corrected chi connectivity index (χ4v) is 2.89. The van der Waals surface area contributed by atoms with Gasteiger partial charge in [-0.25, -0.2) is 0 Å². The van der Waals surface area contributed by atoms with E-state index in [4.69, 9.17) is 5.73 Å². The number of anilines is 1. The van der Waals surface area contributed by atoms with Gasteiger partial charge in [-0.2, -0.15) is 0 Å². The van der Waals surface area contributed by atoms with Gasteiger partial charge in [0.25, 0.3) is 5.91 Å². The molecule has 112 valence electrons. The molecule has 3 aromatic rings. The lowest BCUT2D eigenvalue weighted by atomic mass is 9.91. The van der Waals surface area contributed by atoms with Crippen LogP contribution in [0, 0.1) is 0 Å². The maximum absolute atomic E-state index is 11.5. The fraction of sp³-hybridized carbons (Fsp3) is 0.167. The molecule has 22 heavy (non-hydrogen) atoms. The van der Waals surface area contributed by atoms with Crippen molar-refractivity contribution in [1.82, 2.24) is 4.98 Å². The third kappa shape index (κ3) is 2.33. The molecule has 0 saturated heterocycles. The molecule has 1 unspecified atom stereocenters. The van der Waals surface area contributed by atoms with Gasteiger partial charge in [-0.1, -0.05) is 31.2 Å². The topological polar surface area (TPSA) is 70.9 Å². The van der Waals surface area contributed by atoms with Crippen molar-refractivity contribution in [3.63, 3.8) is 0 Å². The Bertz CT molecular complexity index is 835. The molecule has 3 rings (SSSR count). The van der Waals surface area contributed by atoms with E-state index >= 15 is 0 Å². The lowest BCUT2D eigenvalue weighted by molar-refractivity contribution is 0.100. The molecular formula is C18H19N3O. The van der Waals surface area contributed by atoms with Crippen LogP contribution in [0.1, 0.15) is 34.3 Å². The van der Waals surface area contributed by atoms with Crippen molar-refractivity contribution in [2.75, 3.05) is 12.4 Å². The first-order chi connectivity index (χ1) is 10.6. The average molecular weight is 293 g/mol. The Kier molecular flexibility index (Phi) is 3.59. The SMILES string of the molecule is CNc1ccccc1C(C)c1ccc2[nH]cc(C(N)=O)c2c1. The van der Waals surface area contributed by atoms with E-state index in [1.165, 1.54) is 5.56 Å². The molecule has 0 aliphatic heterocycles. The van der Waals surface area contributed by atoms with E-state index in [-0.39, 0.29) is 5.92 Å². The number of aromatic amines is 1. The summed E-state index contributed by atoms with van der Waals surface area (Å²) in [5.41, 5.74) is 10.4. The minimum absolute atomic E-state index is 0.212. The van der Waals surface area contributed by atoms with Crippen molar-refractivity contribution in [2.24, 2.45) is 5.73 Å². The van der Waals surface area contributed by atoms with E-state index in [1.54, 1.807) is 6.20 Å². The van der Waals surface area contributed by atoms with Crippen LogP contribution in [0.3, 0.4) is 0 Å². The van der Waals surface area contributed by atoms with Crippen molar-refractivity contribution in [1.29, 1.82) is 0 Å². The van der Waals surface area contributed by atoms with E-state index in [1.807, 2.05) is 31.3 Å². The molecule has 1 heterocycles. The summed E-state index contributed by atoms with van der Waals surface area (Å²) >= 11 is 0. The quantitative estimate of drug-likeness (QED) is 0.689. The van der Waals surface area contributed by atoms with Crippen molar-refractivity contribution in [3.05, 3.63) is 65.4 Å². The lowest BCUT2D eigenvalue weighted by Gasteiger charge is -2.17. The molecular weight excluding hydrogens is 274 g/mol. The summed E-state index contributed by atoms with van der Waals surface area (Å²) in [6.45, 7) is 2.16. The molecule has 1 amide bonds. The van der Waals surface area contributed by atoms with Gasteiger partial charge in [0, 0.05) is 35.8 Å². The number of benzene rings is 2. The second-order valence-electron chi connectivity index (χ2n) is 5.43. The Morgan fingerprint density at radius 1 is 1.23 bits per heavy atom. The van der Waals surface area contributed by atoms with Crippen LogP contribution < -0.4 is 11.1 Å². The molecule has 4 heteroatoms. The summed E-state index contributed by atoms with van der Waals surface area (Å²) in [6.07, 6.45) is 1.67. The van der Waals surface area contributed by atoms with Crippen LogP contribution in [0.15, 0.2) is 48.7 Å². The van der Waals surface area contributed by atoms with Gasteiger partial charge in [-0.15, -0.1) is 0 Å². The normalized spacial score (nSPS) is 12.3. The highest BCUT2D eigenvalue weighted by Gasteiger charge is 2.15. The van der Waals surface area contributed by atoms with E-state index in [0.717, 1.165) is 22.2 Å². The second kappa shape index (κ2) is 5.56. The largest absolute Gasteiger partial charge is 0.388 e. The third-order valence-corrected chi connectivity index (χ3v) is 4.17. The number of primary amides is 1. The maximum atomic E-state index is 11.5. The van der Waals surface area contributed by atoms with E-state index in [0.29, 0.717) is 5.56 Å². The predicted octanol–water partition coefficient (Wildman–Crippen LogP) is 3.46. The summed E-state index contributed by atoms with van der Waals surface area (Å²) in [4.78, 5) is 14.6. The van der Waals surface area contributed by atoms with E-state index in [9.17, 15) is 4.79 Å². The first-order valence-electron chi connectivity index (χ1n) is 7.29. The number of hydrogen-bond donors (Lipinski definition) is 3. The second-order valence-corrected chi connectivity index (χ2v) is 5.43. The monoisotopic (exact) mass is 293 g/mol. The van der Waals surface area contributed by atoms with Crippen molar-refractivity contribution in [3.8, 4) is 0 Å². The number of hydrogen-bond acceptors (Lipinski definition) is 2. The highest BCUT2D eigenvalue weighted by Crippen LogP contribution is 2.32. The molecule has 0 radical (unpaired) electrons. The number of nitrogens with one attached hydrogen (secondary N) is 2. The molecule has 0 saturated carbocycles. The number of fused-ring (bicyclic) bond motifs is 1. The Hall–Kier alpha value is -2.75. The molecule has 4 N–H and O–H groups in total. The van der Waals surface area contributed by atoms with Crippen LogP contribution in [-0.2, 0) is 0 Å². The number of nitrogens with two attached hydrogens (primary N) is 1. The molecule has 4 nitrogen and oxygen atoms in total. The number of para-hydroxylation sites is 1. The van der Waals surface area contributed by atoms with Gasteiger partial charge in [-0.3, -0.25) is 4.79 Å². The van der Waals surface area contributed by atoms with Crippen LogP contribution in [0.2, 0.25) is 0 Å². The zero-order valence-electron chi connectivity index (χ0n) is 12.7. The van der Waals surface area contributed by atoms with Gasteiger partial charge >= 0.3 is 0 Å². The Labute approximate surface area is 129 Å². The predicted molar refractivity (Wildman–Crippen MR) is 90.3 cm³/mol. The van der Waals surface area contributed by atoms with Gasteiger partial charge in [0.1, 0.15) is 0 Å². The molecule has 0 aliphatic rings. The number of rotatable bonds is 4. The molecule has 0 bridgehead atoms. The Balaban J connectivity index is 2.09. The first-order valence-corrected chi connectivity index (χ1v) is 7.29. The number of aromatic nitrogens is 1. The van der Waals surface area contributed by atoms with Gasteiger partial charge in [0.15, 0.2) is 0 Å². The number of amides is 1. The van der Waals surface area contributed by atoms with Crippen LogP contribution in [-0.4, -0.2) is 17.9 Å². The molecule has 0 fully saturated rings.